The third kappa shape index (κ3) is 2.01. The molecule has 6 N–H and O–H groups in total. The van der Waals surface area contributed by atoms with E-state index in [2.05, 4.69) is 15.0 Å². The van der Waals surface area contributed by atoms with Gasteiger partial charge in [0.1, 0.15) is 29.0 Å². The molecule has 1 aliphatic heterocycles. The number of rotatable bonds is 3. The lowest BCUT2D eigenvalue weighted by atomic mass is 9.95. The summed E-state index contributed by atoms with van der Waals surface area (Å²) in [5.41, 5.74) is 3.80. The van der Waals surface area contributed by atoms with Crippen LogP contribution >= 0.6 is 12.2 Å². The number of nitrogens with one attached hydrogen (secondary N) is 1. The highest BCUT2D eigenvalue weighted by Crippen LogP contribution is 2.40. The second kappa shape index (κ2) is 5.21. The number of ether oxygens (including phenoxy) is 1. The van der Waals surface area contributed by atoms with Crippen LogP contribution in [0.3, 0.4) is 0 Å². The number of aliphatic hydroxyl groups is 3. The van der Waals surface area contributed by atoms with Crippen LogP contribution in [0.15, 0.2) is 6.33 Å². The van der Waals surface area contributed by atoms with Crippen molar-refractivity contribution in [2.45, 2.75) is 24.0 Å². The normalized spacial score (nSPS) is 31.9. The first-order valence-corrected chi connectivity index (χ1v) is 6.78. The molecular formula is C11H14FN5O4S. The van der Waals surface area contributed by atoms with Gasteiger partial charge in [0.05, 0.1) is 12.9 Å². The number of anilines is 1. The van der Waals surface area contributed by atoms with Gasteiger partial charge in [0.2, 0.25) is 5.95 Å². The molecule has 3 rings (SSSR count). The Kier molecular flexibility index (Phi) is 3.61. The van der Waals surface area contributed by atoms with Gasteiger partial charge in [-0.1, -0.05) is 12.2 Å². The second-order valence-corrected chi connectivity index (χ2v) is 5.46. The molecule has 0 amide bonds. The van der Waals surface area contributed by atoms with Crippen molar-refractivity contribution >= 4 is 29.3 Å². The van der Waals surface area contributed by atoms with Gasteiger partial charge in [-0.05, 0) is 0 Å². The molecule has 9 nitrogen and oxygen atoms in total. The molecule has 22 heavy (non-hydrogen) atoms. The van der Waals surface area contributed by atoms with Gasteiger partial charge in [0.25, 0.3) is 0 Å². The highest BCUT2D eigenvalue weighted by Gasteiger charge is 2.56. The van der Waals surface area contributed by atoms with E-state index in [0.29, 0.717) is 0 Å². The predicted octanol–water partition coefficient (Wildman–Crippen LogP) is -0.978. The van der Waals surface area contributed by atoms with E-state index in [-0.39, 0.29) is 21.8 Å². The van der Waals surface area contributed by atoms with Crippen LogP contribution in [-0.2, 0) is 4.74 Å². The molecule has 3 unspecified atom stereocenters. The average molecular weight is 331 g/mol. The second-order valence-electron chi connectivity index (χ2n) is 5.05. The first-order valence-electron chi connectivity index (χ1n) is 6.37. The van der Waals surface area contributed by atoms with Crippen LogP contribution in [-0.4, -0.2) is 65.9 Å². The Hall–Kier alpha value is -1.66. The van der Waals surface area contributed by atoms with Gasteiger partial charge in [-0.3, -0.25) is 4.57 Å². The summed E-state index contributed by atoms with van der Waals surface area (Å²) in [6.45, 7) is -1.87. The lowest BCUT2D eigenvalue weighted by Crippen LogP contribution is -2.48. The van der Waals surface area contributed by atoms with E-state index in [1.165, 1.54) is 10.9 Å². The molecule has 1 fully saturated rings. The number of alkyl halides is 1. The molecule has 120 valence electrons. The first kappa shape index (κ1) is 15.2. The largest absolute Gasteiger partial charge is 0.394 e. The van der Waals surface area contributed by atoms with Gasteiger partial charge in [-0.25, -0.2) is 9.37 Å². The Morgan fingerprint density at radius 3 is 2.95 bits per heavy atom. The Morgan fingerprint density at radius 2 is 2.32 bits per heavy atom. The molecule has 11 heteroatoms. The van der Waals surface area contributed by atoms with Crippen molar-refractivity contribution < 1.29 is 24.4 Å². The van der Waals surface area contributed by atoms with E-state index in [1.54, 1.807) is 0 Å². The fraction of sp³-hybridized carbons (Fsp3) is 0.545. The third-order valence-corrected chi connectivity index (χ3v) is 3.99. The van der Waals surface area contributed by atoms with Gasteiger partial charge < -0.3 is 30.8 Å². The van der Waals surface area contributed by atoms with Crippen LogP contribution in [0.4, 0.5) is 10.3 Å². The van der Waals surface area contributed by atoms with Crippen molar-refractivity contribution in [3.63, 3.8) is 0 Å². The van der Waals surface area contributed by atoms with Crippen LogP contribution in [0, 0.1) is 4.64 Å². The zero-order chi connectivity index (χ0) is 16.1. The van der Waals surface area contributed by atoms with Crippen LogP contribution in [0.1, 0.15) is 6.23 Å². The summed E-state index contributed by atoms with van der Waals surface area (Å²) in [5, 5.41) is 29.6. The molecule has 2 aromatic rings. The minimum Gasteiger partial charge on any atom is -0.394 e. The monoisotopic (exact) mass is 331 g/mol. The van der Waals surface area contributed by atoms with E-state index >= 15 is 0 Å². The topological polar surface area (TPSA) is 142 Å². The molecule has 0 spiro atoms. The average Bonchev–Trinajstić information content (AvgIpc) is 3.00. The molecule has 0 bridgehead atoms. The zero-order valence-corrected chi connectivity index (χ0v) is 12.0. The Bertz CT molecular complexity index is 767. The zero-order valence-electron chi connectivity index (χ0n) is 11.2. The number of aromatic amines is 1. The molecule has 4 atom stereocenters. The van der Waals surface area contributed by atoms with E-state index in [4.69, 9.17) is 22.7 Å². The maximum Gasteiger partial charge on any atom is 0.200 e. The Morgan fingerprint density at radius 1 is 1.59 bits per heavy atom. The molecule has 0 aliphatic carbocycles. The van der Waals surface area contributed by atoms with Gasteiger partial charge in [0.15, 0.2) is 17.5 Å². The number of imidazole rings is 1. The Balaban J connectivity index is 2.16. The number of nitrogens with two attached hydrogens (primary N) is 1. The number of fused-ring (bicyclic) bond motifs is 1. The summed E-state index contributed by atoms with van der Waals surface area (Å²) in [6, 6.07) is 0. The van der Waals surface area contributed by atoms with Crippen molar-refractivity contribution in [1.29, 1.82) is 0 Å². The fourth-order valence-electron chi connectivity index (χ4n) is 2.53. The molecule has 1 aliphatic rings. The minimum atomic E-state index is -2.25. The summed E-state index contributed by atoms with van der Waals surface area (Å²) >= 11 is 5.07. The predicted molar refractivity (Wildman–Crippen MR) is 75.1 cm³/mol. The summed E-state index contributed by atoms with van der Waals surface area (Å²) in [5.74, 6) is 0.0142. The number of aliphatic hydroxyl groups excluding tert-OH is 2. The molecular weight excluding hydrogens is 317 g/mol. The van der Waals surface area contributed by atoms with Crippen molar-refractivity contribution in [3.05, 3.63) is 11.0 Å². The van der Waals surface area contributed by atoms with E-state index in [0.717, 1.165) is 0 Å². The lowest BCUT2D eigenvalue weighted by Gasteiger charge is -2.28. The number of nitrogens with zero attached hydrogens (tertiary/aromatic N) is 3. The maximum atomic E-state index is 13.4. The van der Waals surface area contributed by atoms with Crippen LogP contribution in [0.5, 0.6) is 0 Å². The quantitative estimate of drug-likeness (QED) is 0.452. The van der Waals surface area contributed by atoms with Crippen LogP contribution in [0.2, 0.25) is 0 Å². The number of hydrogen-bond acceptors (Lipinski definition) is 8. The number of hydrogen-bond donors (Lipinski definition) is 5. The molecule has 1 saturated heterocycles. The SMILES string of the molecule is Nc1nc2c(ncn2C2OC(CO)[C@H](O)C2(O)CF)c(=S)[nH]1. The maximum absolute atomic E-state index is 13.4. The highest BCUT2D eigenvalue weighted by atomic mass is 32.1. The van der Waals surface area contributed by atoms with Gasteiger partial charge in [-0.15, -0.1) is 0 Å². The number of nitrogen functional groups attached to an aromatic ring is 1. The first-order chi connectivity index (χ1) is 10.4. The summed E-state index contributed by atoms with van der Waals surface area (Å²) in [7, 11) is 0. The van der Waals surface area contributed by atoms with Crippen molar-refractivity contribution in [2.24, 2.45) is 0 Å². The van der Waals surface area contributed by atoms with Crippen LogP contribution in [0.25, 0.3) is 11.2 Å². The van der Waals surface area contributed by atoms with E-state index < -0.39 is 37.3 Å². The van der Waals surface area contributed by atoms with Gasteiger partial charge >= 0.3 is 0 Å². The molecule has 0 radical (unpaired) electrons. The molecule has 0 aromatic carbocycles. The number of halogens is 1. The number of aromatic nitrogens is 4. The van der Waals surface area contributed by atoms with E-state index in [1.807, 2.05) is 0 Å². The van der Waals surface area contributed by atoms with Crippen molar-refractivity contribution in [2.75, 3.05) is 19.0 Å². The highest BCUT2D eigenvalue weighted by molar-refractivity contribution is 7.71. The standard InChI is InChI=1S/C11H14FN5O4S/c12-2-11(20)6(19)4(1-18)21-9(11)17-3-14-5-7(17)15-10(13)16-8(5)22/h3-4,6,9,18-20H,1-2H2,(H3,13,15,16,22)/t4?,6-,9?,11?/m0/s1. The smallest absolute Gasteiger partial charge is 0.200 e. The Labute approximate surface area is 128 Å². The van der Waals surface area contributed by atoms with E-state index in [9.17, 15) is 19.7 Å². The van der Waals surface area contributed by atoms with Crippen molar-refractivity contribution in [3.8, 4) is 0 Å². The summed E-state index contributed by atoms with van der Waals surface area (Å²) in [6.07, 6.45) is -2.84. The third-order valence-electron chi connectivity index (χ3n) is 3.69. The molecule has 3 heterocycles. The number of H-pyrrole nitrogens is 1. The van der Waals surface area contributed by atoms with Gasteiger partial charge in [-0.2, -0.15) is 4.98 Å². The van der Waals surface area contributed by atoms with Crippen LogP contribution < -0.4 is 5.73 Å². The fourth-order valence-corrected chi connectivity index (χ4v) is 2.78. The molecule has 2 aromatic heterocycles. The van der Waals surface area contributed by atoms with Gasteiger partial charge in [0, 0.05) is 0 Å². The minimum absolute atomic E-state index is 0.0142. The summed E-state index contributed by atoms with van der Waals surface area (Å²) in [4.78, 5) is 10.7. The lowest BCUT2D eigenvalue weighted by molar-refractivity contribution is -0.118. The molecule has 0 saturated carbocycles. The van der Waals surface area contributed by atoms with Crippen molar-refractivity contribution in [1.82, 2.24) is 19.5 Å². The summed E-state index contributed by atoms with van der Waals surface area (Å²) < 4.78 is 20.2.